The van der Waals surface area contributed by atoms with Crippen LogP contribution in [-0.4, -0.2) is 9.97 Å². The Morgan fingerprint density at radius 3 is 2.46 bits per heavy atom. The molecule has 0 radical (unpaired) electrons. The minimum Gasteiger partial charge on any atom is -0.382 e. The van der Waals surface area contributed by atoms with E-state index < -0.39 is 0 Å². The Bertz CT molecular complexity index is 934. The molecule has 0 fully saturated rings. The van der Waals surface area contributed by atoms with E-state index in [2.05, 4.69) is 16.0 Å². The maximum atomic E-state index is 9.41. The van der Waals surface area contributed by atoms with Crippen molar-refractivity contribution in [1.29, 1.82) is 5.26 Å². The third-order valence-corrected chi connectivity index (χ3v) is 4.03. The molecule has 2 aromatic carbocycles. The van der Waals surface area contributed by atoms with Gasteiger partial charge in [-0.2, -0.15) is 5.26 Å². The van der Waals surface area contributed by atoms with Crippen LogP contribution in [0, 0.1) is 11.3 Å². The Kier molecular flexibility index (Phi) is 4.66. The average Bonchev–Trinajstić information content (AvgIpc) is 2.55. The third kappa shape index (κ3) is 3.33. The van der Waals surface area contributed by atoms with E-state index in [0.29, 0.717) is 33.5 Å². The lowest BCUT2D eigenvalue weighted by atomic mass is 10.1. The van der Waals surface area contributed by atoms with Gasteiger partial charge in [-0.3, -0.25) is 0 Å². The van der Waals surface area contributed by atoms with Crippen LogP contribution in [0.2, 0.25) is 10.0 Å². The van der Waals surface area contributed by atoms with E-state index in [1.807, 2.05) is 30.3 Å². The molecular weight excluding hydrogens is 343 g/mol. The molecule has 0 aliphatic rings. The van der Waals surface area contributed by atoms with E-state index in [4.69, 9.17) is 28.9 Å². The molecule has 3 aromatic rings. The summed E-state index contributed by atoms with van der Waals surface area (Å²) in [6.07, 6.45) is 0.509. The number of nitrogens with two attached hydrogens (primary N) is 1. The van der Waals surface area contributed by atoms with Crippen LogP contribution >= 0.6 is 23.2 Å². The fourth-order valence-corrected chi connectivity index (χ4v) is 2.87. The SMILES string of the molecule is N#Cc1c(N)nc(Cc2ccccc2)nc1-c1ccc(Cl)cc1Cl. The second-order valence-corrected chi connectivity index (χ2v) is 5.99. The lowest BCUT2D eigenvalue weighted by Gasteiger charge is -2.10. The van der Waals surface area contributed by atoms with Gasteiger partial charge in [-0.25, -0.2) is 9.97 Å². The van der Waals surface area contributed by atoms with Crippen molar-refractivity contribution in [2.75, 3.05) is 5.73 Å². The monoisotopic (exact) mass is 354 g/mol. The standard InChI is InChI=1S/C18H12Cl2N4/c19-12-6-7-13(15(20)9-12)17-14(10-21)18(22)24-16(23-17)8-11-4-2-1-3-5-11/h1-7,9H,8H2,(H2,22,23,24). The molecule has 0 spiro atoms. The molecular formula is C18H12Cl2N4. The Morgan fingerprint density at radius 2 is 1.79 bits per heavy atom. The van der Waals surface area contributed by atoms with Crippen LogP contribution in [0.3, 0.4) is 0 Å². The highest BCUT2D eigenvalue weighted by molar-refractivity contribution is 6.36. The highest BCUT2D eigenvalue weighted by atomic mass is 35.5. The number of nitrogen functional groups attached to an aromatic ring is 1. The Labute approximate surface area is 149 Å². The Balaban J connectivity index is 2.12. The first-order chi connectivity index (χ1) is 11.6. The molecule has 0 aliphatic heterocycles. The molecule has 0 unspecified atom stereocenters. The minimum absolute atomic E-state index is 0.138. The van der Waals surface area contributed by atoms with E-state index in [1.165, 1.54) is 0 Å². The molecule has 1 heterocycles. The van der Waals surface area contributed by atoms with E-state index >= 15 is 0 Å². The lowest BCUT2D eigenvalue weighted by Crippen LogP contribution is -2.06. The molecule has 3 rings (SSSR count). The number of nitrogens with zero attached hydrogens (tertiary/aromatic N) is 3. The largest absolute Gasteiger partial charge is 0.382 e. The number of aromatic nitrogens is 2. The number of rotatable bonds is 3. The Morgan fingerprint density at radius 1 is 1.04 bits per heavy atom. The number of hydrogen-bond donors (Lipinski definition) is 1. The third-order valence-electron chi connectivity index (χ3n) is 3.49. The molecule has 0 atom stereocenters. The van der Waals surface area contributed by atoms with Crippen LogP contribution < -0.4 is 5.73 Å². The summed E-state index contributed by atoms with van der Waals surface area (Å²) in [5.74, 6) is 0.665. The number of halogens is 2. The predicted molar refractivity (Wildman–Crippen MR) is 95.9 cm³/mol. The van der Waals surface area contributed by atoms with Gasteiger partial charge in [0.15, 0.2) is 0 Å². The van der Waals surface area contributed by atoms with Crippen molar-refractivity contribution in [3.8, 4) is 17.3 Å². The zero-order valence-electron chi connectivity index (χ0n) is 12.5. The number of hydrogen-bond acceptors (Lipinski definition) is 4. The van der Waals surface area contributed by atoms with Crippen molar-refractivity contribution in [3.05, 3.63) is 75.5 Å². The summed E-state index contributed by atoms with van der Waals surface area (Å²) in [6, 6.07) is 16.9. The van der Waals surface area contributed by atoms with Gasteiger partial charge in [0.2, 0.25) is 0 Å². The predicted octanol–water partition coefficient (Wildman–Crippen LogP) is 4.50. The van der Waals surface area contributed by atoms with Crippen LogP contribution in [0.15, 0.2) is 48.5 Å². The number of anilines is 1. The normalized spacial score (nSPS) is 10.4. The molecule has 4 nitrogen and oxygen atoms in total. The van der Waals surface area contributed by atoms with Crippen molar-refractivity contribution < 1.29 is 0 Å². The summed E-state index contributed by atoms with van der Waals surface area (Å²) >= 11 is 12.2. The van der Waals surface area contributed by atoms with Gasteiger partial charge in [-0.1, -0.05) is 53.5 Å². The number of nitriles is 1. The van der Waals surface area contributed by atoms with Gasteiger partial charge >= 0.3 is 0 Å². The second kappa shape index (κ2) is 6.88. The van der Waals surface area contributed by atoms with Crippen molar-refractivity contribution in [2.45, 2.75) is 6.42 Å². The molecule has 6 heteroatoms. The fourth-order valence-electron chi connectivity index (χ4n) is 2.37. The summed E-state index contributed by atoms with van der Waals surface area (Å²) in [6.45, 7) is 0. The first-order valence-electron chi connectivity index (χ1n) is 7.14. The fraction of sp³-hybridized carbons (Fsp3) is 0.0556. The van der Waals surface area contributed by atoms with Crippen LogP contribution in [0.4, 0.5) is 5.82 Å². The highest BCUT2D eigenvalue weighted by Crippen LogP contribution is 2.32. The first kappa shape index (κ1) is 16.3. The summed E-state index contributed by atoms with van der Waals surface area (Å²) in [5.41, 5.74) is 8.23. The van der Waals surface area contributed by atoms with Crippen LogP contribution in [0.5, 0.6) is 0 Å². The van der Waals surface area contributed by atoms with E-state index in [9.17, 15) is 5.26 Å². The van der Waals surface area contributed by atoms with Gasteiger partial charge in [-0.05, 0) is 23.8 Å². The molecule has 0 saturated heterocycles. The topological polar surface area (TPSA) is 75.6 Å². The van der Waals surface area contributed by atoms with Crippen molar-refractivity contribution >= 4 is 29.0 Å². The molecule has 2 N–H and O–H groups in total. The van der Waals surface area contributed by atoms with Crippen LogP contribution in [-0.2, 0) is 6.42 Å². The van der Waals surface area contributed by atoms with Crippen LogP contribution in [0.25, 0.3) is 11.3 Å². The Hall–Kier alpha value is -2.61. The highest BCUT2D eigenvalue weighted by Gasteiger charge is 2.17. The van der Waals surface area contributed by atoms with Crippen LogP contribution in [0.1, 0.15) is 17.0 Å². The zero-order valence-corrected chi connectivity index (χ0v) is 14.0. The molecule has 0 amide bonds. The smallest absolute Gasteiger partial charge is 0.145 e. The molecule has 0 aliphatic carbocycles. The number of benzene rings is 2. The lowest BCUT2D eigenvalue weighted by molar-refractivity contribution is 0.974. The average molecular weight is 355 g/mol. The van der Waals surface area contributed by atoms with Gasteiger partial charge in [0.05, 0.1) is 10.7 Å². The van der Waals surface area contributed by atoms with Gasteiger partial charge in [0.25, 0.3) is 0 Å². The molecule has 0 saturated carbocycles. The van der Waals surface area contributed by atoms with E-state index in [-0.39, 0.29) is 11.4 Å². The quantitative estimate of drug-likeness (QED) is 0.751. The van der Waals surface area contributed by atoms with Gasteiger partial charge < -0.3 is 5.73 Å². The molecule has 118 valence electrons. The molecule has 1 aromatic heterocycles. The minimum atomic E-state index is 0.138. The van der Waals surface area contributed by atoms with Gasteiger partial charge in [0.1, 0.15) is 23.3 Å². The van der Waals surface area contributed by atoms with Crippen molar-refractivity contribution in [2.24, 2.45) is 0 Å². The maximum absolute atomic E-state index is 9.41. The van der Waals surface area contributed by atoms with E-state index in [0.717, 1.165) is 5.56 Å². The van der Waals surface area contributed by atoms with Crippen molar-refractivity contribution in [3.63, 3.8) is 0 Å². The maximum Gasteiger partial charge on any atom is 0.145 e. The zero-order chi connectivity index (χ0) is 17.1. The summed E-state index contributed by atoms with van der Waals surface area (Å²) in [7, 11) is 0. The second-order valence-electron chi connectivity index (χ2n) is 5.15. The van der Waals surface area contributed by atoms with E-state index in [1.54, 1.807) is 18.2 Å². The summed E-state index contributed by atoms with van der Waals surface area (Å²) < 4.78 is 0. The summed E-state index contributed by atoms with van der Waals surface area (Å²) in [4.78, 5) is 8.77. The van der Waals surface area contributed by atoms with Crippen molar-refractivity contribution in [1.82, 2.24) is 9.97 Å². The summed E-state index contributed by atoms with van der Waals surface area (Å²) in [5, 5.41) is 10.3. The molecule has 0 bridgehead atoms. The van der Waals surface area contributed by atoms with Gasteiger partial charge in [-0.15, -0.1) is 0 Å². The first-order valence-corrected chi connectivity index (χ1v) is 7.90. The molecule has 24 heavy (non-hydrogen) atoms. The van der Waals surface area contributed by atoms with Gasteiger partial charge in [0, 0.05) is 17.0 Å².